The van der Waals surface area contributed by atoms with E-state index in [1.807, 2.05) is 6.07 Å². The summed E-state index contributed by atoms with van der Waals surface area (Å²) in [6, 6.07) is 5.06. The highest BCUT2D eigenvalue weighted by molar-refractivity contribution is 9.10. The van der Waals surface area contributed by atoms with Crippen molar-refractivity contribution in [2.45, 2.75) is 63.8 Å². The molecule has 1 aliphatic heterocycles. The average Bonchev–Trinajstić information content (AvgIpc) is 2.73. The molecule has 8 heteroatoms. The molecule has 1 aromatic rings. The zero-order valence-corrected chi connectivity index (χ0v) is 21.2. The Kier molecular flexibility index (Phi) is 9.35. The van der Waals surface area contributed by atoms with Gasteiger partial charge in [0.2, 0.25) is 0 Å². The lowest BCUT2D eigenvalue weighted by Gasteiger charge is -2.33. The number of rotatable bonds is 9. The van der Waals surface area contributed by atoms with E-state index in [-0.39, 0.29) is 11.9 Å². The van der Waals surface area contributed by atoms with Crippen LogP contribution in [0.3, 0.4) is 0 Å². The number of halogens is 2. The molecule has 0 spiro atoms. The first-order valence-electron chi connectivity index (χ1n) is 11.6. The Hall–Kier alpha value is -0.540. The first-order valence-corrected chi connectivity index (χ1v) is 13.8. The van der Waals surface area contributed by atoms with Crippen LogP contribution < -0.4 is 4.72 Å². The Morgan fingerprint density at radius 3 is 2.42 bits per heavy atom. The molecule has 1 aliphatic carbocycles. The van der Waals surface area contributed by atoms with Crippen molar-refractivity contribution in [1.29, 1.82) is 0 Å². The number of nitrogens with one attached hydrogen (secondary N) is 1. The van der Waals surface area contributed by atoms with Crippen LogP contribution in [0.5, 0.6) is 0 Å². The first-order chi connectivity index (χ1) is 14.7. The Balaban J connectivity index is 1.30. The van der Waals surface area contributed by atoms with Crippen LogP contribution in [-0.4, -0.2) is 57.4 Å². The lowest BCUT2D eigenvalue weighted by Crippen LogP contribution is -2.43. The average molecular weight is 519 g/mol. The molecule has 0 atom stereocenters. The smallest absolute Gasteiger partial charge is 0.279 e. The summed E-state index contributed by atoms with van der Waals surface area (Å²) in [6.07, 6.45) is 9.89. The minimum absolute atomic E-state index is 0.0841. The van der Waals surface area contributed by atoms with Crippen molar-refractivity contribution >= 4 is 26.1 Å². The Morgan fingerprint density at radius 2 is 1.77 bits per heavy atom. The number of benzene rings is 1. The van der Waals surface area contributed by atoms with Crippen molar-refractivity contribution in [1.82, 2.24) is 13.9 Å². The van der Waals surface area contributed by atoms with E-state index in [0.29, 0.717) is 5.92 Å². The van der Waals surface area contributed by atoms with Gasteiger partial charge in [0.05, 0.1) is 0 Å². The molecule has 0 radical (unpaired) electrons. The van der Waals surface area contributed by atoms with Crippen molar-refractivity contribution in [2.75, 3.05) is 33.7 Å². The largest absolute Gasteiger partial charge is 0.303 e. The number of hydrogen-bond donors (Lipinski definition) is 1. The molecule has 3 rings (SSSR count). The minimum Gasteiger partial charge on any atom is -0.303 e. The summed E-state index contributed by atoms with van der Waals surface area (Å²) >= 11 is 3.55. The SMILES string of the molecule is CN(C)S(=O)(=O)NC1CCC(CCCN2CCC(Cc3cc(F)ccc3Br)CC2)CC1. The van der Waals surface area contributed by atoms with Gasteiger partial charge in [-0.25, -0.2) is 4.39 Å². The predicted molar refractivity (Wildman–Crippen MR) is 128 cm³/mol. The topological polar surface area (TPSA) is 52.7 Å². The Morgan fingerprint density at radius 1 is 1.10 bits per heavy atom. The molecule has 2 fully saturated rings. The summed E-state index contributed by atoms with van der Waals surface area (Å²) in [5.41, 5.74) is 1.09. The molecule has 31 heavy (non-hydrogen) atoms. The molecule has 1 aromatic carbocycles. The summed E-state index contributed by atoms with van der Waals surface area (Å²) in [5.74, 6) is 1.21. The van der Waals surface area contributed by atoms with Gasteiger partial charge in [0.25, 0.3) is 10.2 Å². The Labute approximate surface area is 196 Å². The van der Waals surface area contributed by atoms with Gasteiger partial charge in [-0.05, 0) is 113 Å². The number of nitrogens with zero attached hydrogens (tertiary/aromatic N) is 2. The standard InChI is InChI=1S/C23H37BrFN3O2S/c1-27(2)31(29,30)26-22-8-5-18(6-9-22)4-3-13-28-14-11-19(12-15-28)16-20-17-21(25)7-10-23(20)24/h7,10,17-19,22,26H,3-6,8-9,11-16H2,1-2H3. The van der Waals surface area contributed by atoms with Gasteiger partial charge < -0.3 is 4.90 Å². The van der Waals surface area contributed by atoms with Gasteiger partial charge in [0.1, 0.15) is 5.82 Å². The van der Waals surface area contributed by atoms with Crippen LogP contribution in [0.2, 0.25) is 0 Å². The maximum Gasteiger partial charge on any atom is 0.279 e. The van der Waals surface area contributed by atoms with Gasteiger partial charge in [-0.15, -0.1) is 0 Å². The van der Waals surface area contributed by atoms with E-state index >= 15 is 0 Å². The van der Waals surface area contributed by atoms with Crippen LogP contribution >= 0.6 is 15.9 Å². The van der Waals surface area contributed by atoms with Crippen LogP contribution in [0.1, 0.15) is 56.9 Å². The summed E-state index contributed by atoms with van der Waals surface area (Å²) in [6.45, 7) is 3.43. The summed E-state index contributed by atoms with van der Waals surface area (Å²) in [4.78, 5) is 2.58. The molecule has 2 aliphatic rings. The van der Waals surface area contributed by atoms with Gasteiger partial charge in [-0.3, -0.25) is 0 Å². The maximum absolute atomic E-state index is 13.5. The fourth-order valence-corrected chi connectivity index (χ4v) is 6.19. The summed E-state index contributed by atoms with van der Waals surface area (Å²) in [5, 5.41) is 0. The number of likely N-dealkylation sites (tertiary alicyclic amines) is 1. The fourth-order valence-electron chi connectivity index (χ4n) is 4.91. The third-order valence-electron chi connectivity index (χ3n) is 6.95. The predicted octanol–water partition coefficient (Wildman–Crippen LogP) is 4.58. The molecule has 1 saturated carbocycles. The maximum atomic E-state index is 13.5. The van der Waals surface area contributed by atoms with Gasteiger partial charge in [0.15, 0.2) is 0 Å². The normalized spacial score (nSPS) is 24.0. The van der Waals surface area contributed by atoms with Gasteiger partial charge >= 0.3 is 0 Å². The number of piperidine rings is 1. The van der Waals surface area contributed by atoms with E-state index in [4.69, 9.17) is 0 Å². The lowest BCUT2D eigenvalue weighted by atomic mass is 9.83. The van der Waals surface area contributed by atoms with Crippen molar-refractivity contribution in [3.05, 3.63) is 34.1 Å². The van der Waals surface area contributed by atoms with E-state index in [1.54, 1.807) is 20.2 Å². The van der Waals surface area contributed by atoms with Crippen molar-refractivity contribution in [3.63, 3.8) is 0 Å². The van der Waals surface area contributed by atoms with Crippen molar-refractivity contribution in [3.8, 4) is 0 Å². The second-order valence-electron chi connectivity index (χ2n) is 9.49. The monoisotopic (exact) mass is 517 g/mol. The Bertz CT molecular complexity index is 805. The molecule has 0 amide bonds. The summed E-state index contributed by atoms with van der Waals surface area (Å²) < 4.78 is 42.6. The highest BCUT2D eigenvalue weighted by atomic mass is 79.9. The second kappa shape index (κ2) is 11.5. The molecular formula is C23H37BrFN3O2S. The molecule has 0 bridgehead atoms. The van der Waals surface area contributed by atoms with Crippen LogP contribution in [0.25, 0.3) is 0 Å². The first kappa shape index (κ1) is 25.1. The third kappa shape index (κ3) is 7.77. The molecule has 1 saturated heterocycles. The van der Waals surface area contributed by atoms with E-state index in [1.165, 1.54) is 36.1 Å². The highest BCUT2D eigenvalue weighted by Gasteiger charge is 2.26. The zero-order chi connectivity index (χ0) is 22.4. The van der Waals surface area contributed by atoms with Crippen LogP contribution in [0.15, 0.2) is 22.7 Å². The highest BCUT2D eigenvalue weighted by Crippen LogP contribution is 2.30. The molecule has 0 aromatic heterocycles. The molecular weight excluding hydrogens is 481 g/mol. The van der Waals surface area contributed by atoms with Gasteiger partial charge in [-0.1, -0.05) is 15.9 Å². The van der Waals surface area contributed by atoms with Crippen molar-refractivity contribution < 1.29 is 12.8 Å². The quantitative estimate of drug-likeness (QED) is 0.521. The molecule has 1 N–H and O–H groups in total. The zero-order valence-electron chi connectivity index (χ0n) is 18.8. The van der Waals surface area contributed by atoms with Crippen LogP contribution in [0.4, 0.5) is 4.39 Å². The van der Waals surface area contributed by atoms with Crippen LogP contribution in [-0.2, 0) is 16.6 Å². The van der Waals surface area contributed by atoms with Gasteiger partial charge in [0, 0.05) is 24.6 Å². The van der Waals surface area contributed by atoms with E-state index in [2.05, 4.69) is 25.6 Å². The number of hydrogen-bond acceptors (Lipinski definition) is 3. The molecule has 5 nitrogen and oxygen atoms in total. The van der Waals surface area contributed by atoms with Gasteiger partial charge in [-0.2, -0.15) is 17.4 Å². The summed E-state index contributed by atoms with van der Waals surface area (Å²) in [7, 11) is -0.187. The van der Waals surface area contributed by atoms with Crippen LogP contribution in [0, 0.1) is 17.7 Å². The van der Waals surface area contributed by atoms with E-state index < -0.39 is 10.2 Å². The van der Waals surface area contributed by atoms with E-state index in [0.717, 1.165) is 67.7 Å². The van der Waals surface area contributed by atoms with E-state index in [9.17, 15) is 12.8 Å². The third-order valence-corrected chi connectivity index (χ3v) is 9.32. The fraction of sp³-hybridized carbons (Fsp3) is 0.739. The molecule has 176 valence electrons. The second-order valence-corrected chi connectivity index (χ2v) is 12.3. The minimum atomic E-state index is -3.32. The lowest BCUT2D eigenvalue weighted by molar-refractivity contribution is 0.174. The molecule has 0 unspecified atom stereocenters. The molecule has 1 heterocycles. The van der Waals surface area contributed by atoms with Crippen molar-refractivity contribution in [2.24, 2.45) is 11.8 Å².